The molecule has 2 rings (SSSR count). The van der Waals surface area contributed by atoms with Crippen molar-refractivity contribution in [3.8, 4) is 5.75 Å². The highest BCUT2D eigenvalue weighted by molar-refractivity contribution is 9.10. The summed E-state index contributed by atoms with van der Waals surface area (Å²) in [7, 11) is -3.05. The average molecular weight is 348 g/mol. The summed E-state index contributed by atoms with van der Waals surface area (Å²) < 4.78 is 28.8. The van der Waals surface area contributed by atoms with Gasteiger partial charge >= 0.3 is 6.09 Å². The molecule has 1 aromatic carbocycles. The minimum Gasteiger partial charge on any atom is -0.410 e. The van der Waals surface area contributed by atoms with E-state index in [1.165, 1.54) is 0 Å². The maximum absolute atomic E-state index is 11.7. The van der Waals surface area contributed by atoms with Crippen LogP contribution in [-0.4, -0.2) is 31.6 Å². The summed E-state index contributed by atoms with van der Waals surface area (Å²) in [4.78, 5) is 11.7. The van der Waals surface area contributed by atoms with Crippen LogP contribution in [0.25, 0.3) is 0 Å². The highest BCUT2D eigenvalue weighted by Gasteiger charge is 2.39. The first kappa shape index (κ1) is 14.3. The number of halogens is 1. The van der Waals surface area contributed by atoms with Gasteiger partial charge in [0.1, 0.15) is 5.75 Å². The van der Waals surface area contributed by atoms with E-state index in [4.69, 9.17) is 4.74 Å². The van der Waals surface area contributed by atoms with Gasteiger partial charge < -0.3 is 10.1 Å². The minimum atomic E-state index is -3.05. The van der Waals surface area contributed by atoms with Crippen molar-refractivity contribution in [3.63, 3.8) is 0 Å². The van der Waals surface area contributed by atoms with E-state index in [1.807, 2.05) is 0 Å². The Kier molecular flexibility index (Phi) is 3.87. The van der Waals surface area contributed by atoms with Gasteiger partial charge in [0.15, 0.2) is 9.84 Å². The molecule has 1 aliphatic heterocycles. The van der Waals surface area contributed by atoms with E-state index in [1.54, 1.807) is 31.2 Å². The highest BCUT2D eigenvalue weighted by Crippen LogP contribution is 2.23. The van der Waals surface area contributed by atoms with Gasteiger partial charge in [-0.05, 0) is 37.6 Å². The van der Waals surface area contributed by atoms with Crippen molar-refractivity contribution in [2.45, 2.75) is 18.9 Å². The first-order valence-electron chi connectivity index (χ1n) is 5.74. The molecule has 19 heavy (non-hydrogen) atoms. The molecule has 7 heteroatoms. The largest absolute Gasteiger partial charge is 0.413 e. The predicted molar refractivity (Wildman–Crippen MR) is 75.0 cm³/mol. The Morgan fingerprint density at radius 2 is 2.00 bits per heavy atom. The molecular weight excluding hydrogens is 334 g/mol. The van der Waals surface area contributed by atoms with Crippen LogP contribution in [0.5, 0.6) is 5.75 Å². The Morgan fingerprint density at radius 1 is 1.37 bits per heavy atom. The van der Waals surface area contributed by atoms with Crippen molar-refractivity contribution >= 4 is 31.9 Å². The molecule has 1 amide bonds. The molecule has 1 atom stereocenters. The molecule has 1 aliphatic rings. The molecule has 104 valence electrons. The van der Waals surface area contributed by atoms with Crippen LogP contribution in [0.2, 0.25) is 0 Å². The molecule has 0 aliphatic carbocycles. The first-order chi connectivity index (χ1) is 8.78. The van der Waals surface area contributed by atoms with Crippen LogP contribution in [0, 0.1) is 0 Å². The second-order valence-corrected chi connectivity index (χ2v) is 7.97. The van der Waals surface area contributed by atoms with E-state index >= 15 is 0 Å². The van der Waals surface area contributed by atoms with Gasteiger partial charge in [-0.1, -0.05) is 15.9 Å². The van der Waals surface area contributed by atoms with Crippen molar-refractivity contribution < 1.29 is 17.9 Å². The third kappa shape index (κ3) is 3.94. The maximum atomic E-state index is 11.7. The minimum absolute atomic E-state index is 0.0462. The van der Waals surface area contributed by atoms with E-state index in [0.717, 1.165) is 4.47 Å². The lowest BCUT2D eigenvalue weighted by Crippen LogP contribution is -2.48. The lowest BCUT2D eigenvalue weighted by Gasteiger charge is -2.23. The van der Waals surface area contributed by atoms with Crippen molar-refractivity contribution in [1.29, 1.82) is 0 Å². The Hall–Kier alpha value is -1.08. The normalized spacial score (nSPS) is 24.9. The quantitative estimate of drug-likeness (QED) is 0.889. The van der Waals surface area contributed by atoms with Gasteiger partial charge in [-0.3, -0.25) is 0 Å². The van der Waals surface area contributed by atoms with Gasteiger partial charge in [0.05, 0.1) is 17.0 Å². The summed E-state index contributed by atoms with van der Waals surface area (Å²) in [6.07, 6.45) is -0.230. The van der Waals surface area contributed by atoms with E-state index in [9.17, 15) is 13.2 Å². The van der Waals surface area contributed by atoms with Crippen LogP contribution < -0.4 is 10.1 Å². The fourth-order valence-electron chi connectivity index (χ4n) is 1.99. The van der Waals surface area contributed by atoms with Crippen LogP contribution in [0.15, 0.2) is 28.7 Å². The molecule has 0 spiro atoms. The van der Waals surface area contributed by atoms with Crippen LogP contribution in [0.3, 0.4) is 0 Å². The molecule has 1 fully saturated rings. The molecular formula is C12H14BrNO4S. The van der Waals surface area contributed by atoms with E-state index < -0.39 is 21.5 Å². The zero-order chi connectivity index (χ0) is 14.1. The molecule has 0 saturated carbocycles. The molecule has 1 heterocycles. The van der Waals surface area contributed by atoms with Crippen molar-refractivity contribution in [2.75, 3.05) is 11.5 Å². The fourth-order valence-corrected chi connectivity index (χ4v) is 4.35. The summed E-state index contributed by atoms with van der Waals surface area (Å²) in [5.74, 6) is 0.461. The van der Waals surface area contributed by atoms with E-state index in [-0.39, 0.29) is 11.5 Å². The lowest BCUT2D eigenvalue weighted by molar-refractivity contribution is 0.189. The molecule has 1 unspecified atom stereocenters. The summed E-state index contributed by atoms with van der Waals surface area (Å²) in [5.41, 5.74) is -0.745. The van der Waals surface area contributed by atoms with Gasteiger partial charge in [0.2, 0.25) is 0 Å². The topological polar surface area (TPSA) is 72.5 Å². The van der Waals surface area contributed by atoms with Crippen LogP contribution in [0.1, 0.15) is 13.3 Å². The molecule has 0 bridgehead atoms. The second kappa shape index (κ2) is 5.13. The van der Waals surface area contributed by atoms with Gasteiger partial charge in [-0.15, -0.1) is 0 Å². The number of carbonyl (C=O) groups is 1. The Bertz CT molecular complexity index is 584. The summed E-state index contributed by atoms with van der Waals surface area (Å²) in [6, 6.07) is 6.81. The molecule has 1 saturated heterocycles. The second-order valence-electron chi connectivity index (χ2n) is 4.87. The van der Waals surface area contributed by atoms with E-state index in [0.29, 0.717) is 12.2 Å². The number of amides is 1. The Morgan fingerprint density at radius 3 is 2.53 bits per heavy atom. The maximum Gasteiger partial charge on any atom is 0.413 e. The standard InChI is InChI=1S/C12H14BrNO4S/c1-12(6-7-19(16,17)8-12)14-11(15)18-10-4-2-9(13)3-5-10/h2-5H,6-8H2,1H3,(H,14,15). The SMILES string of the molecule is CC1(NC(=O)Oc2ccc(Br)cc2)CCS(=O)(=O)C1. The summed E-state index contributed by atoms with van der Waals surface area (Å²) in [5, 5.41) is 2.62. The van der Waals surface area contributed by atoms with Crippen LogP contribution in [-0.2, 0) is 9.84 Å². The van der Waals surface area contributed by atoms with Gasteiger partial charge in [-0.2, -0.15) is 0 Å². The zero-order valence-corrected chi connectivity index (χ0v) is 12.8. The fraction of sp³-hybridized carbons (Fsp3) is 0.417. The van der Waals surface area contributed by atoms with Crippen LogP contribution >= 0.6 is 15.9 Å². The molecule has 1 N–H and O–H groups in total. The summed E-state index contributed by atoms with van der Waals surface area (Å²) in [6.45, 7) is 1.71. The number of sulfone groups is 1. The number of hydrogen-bond acceptors (Lipinski definition) is 4. The average Bonchev–Trinajstić information content (AvgIpc) is 2.56. The number of nitrogens with one attached hydrogen (secondary N) is 1. The van der Waals surface area contributed by atoms with Crippen molar-refractivity contribution in [3.05, 3.63) is 28.7 Å². The molecule has 0 radical (unpaired) electrons. The van der Waals surface area contributed by atoms with Crippen molar-refractivity contribution in [1.82, 2.24) is 5.32 Å². The number of rotatable bonds is 2. The van der Waals surface area contributed by atoms with Gasteiger partial charge in [0, 0.05) is 4.47 Å². The molecule has 1 aromatic rings. The Balaban J connectivity index is 1.97. The van der Waals surface area contributed by atoms with E-state index in [2.05, 4.69) is 21.2 Å². The van der Waals surface area contributed by atoms with Crippen molar-refractivity contribution in [2.24, 2.45) is 0 Å². The predicted octanol–water partition coefficient (Wildman–Crippen LogP) is 2.11. The molecule has 0 aromatic heterocycles. The smallest absolute Gasteiger partial charge is 0.410 e. The highest BCUT2D eigenvalue weighted by atomic mass is 79.9. The number of hydrogen-bond donors (Lipinski definition) is 1. The number of carbonyl (C=O) groups excluding carboxylic acids is 1. The summed E-state index contributed by atoms with van der Waals surface area (Å²) >= 11 is 3.28. The molecule has 5 nitrogen and oxygen atoms in total. The zero-order valence-electron chi connectivity index (χ0n) is 10.3. The van der Waals surface area contributed by atoms with Gasteiger partial charge in [0.25, 0.3) is 0 Å². The number of benzene rings is 1. The monoisotopic (exact) mass is 347 g/mol. The lowest BCUT2D eigenvalue weighted by atomic mass is 10.0. The first-order valence-corrected chi connectivity index (χ1v) is 8.35. The number of ether oxygens (including phenoxy) is 1. The van der Waals surface area contributed by atoms with Crippen LogP contribution in [0.4, 0.5) is 4.79 Å². The van der Waals surface area contributed by atoms with Gasteiger partial charge in [-0.25, -0.2) is 13.2 Å². The third-order valence-electron chi connectivity index (χ3n) is 2.93. The Labute approximate surface area is 120 Å². The third-order valence-corrected chi connectivity index (χ3v) is 5.36.